The molecule has 0 aliphatic carbocycles. The van der Waals surface area contributed by atoms with Crippen LogP contribution in [0.2, 0.25) is 0 Å². The number of benzene rings is 1. The fraction of sp³-hybridized carbons (Fsp3) is 0.111. The lowest BCUT2D eigenvalue weighted by Gasteiger charge is -1.88. The third kappa shape index (κ3) is 1.03. The first-order valence-corrected chi connectivity index (χ1v) is 4.24. The Bertz CT molecular complexity index is 389. The van der Waals surface area contributed by atoms with Gasteiger partial charge < -0.3 is 0 Å². The fourth-order valence-corrected chi connectivity index (χ4v) is 2.09. The van der Waals surface area contributed by atoms with Gasteiger partial charge >= 0.3 is 0 Å². The Morgan fingerprint density at radius 1 is 1.36 bits per heavy atom. The third-order valence-electron chi connectivity index (χ3n) is 1.63. The Morgan fingerprint density at radius 2 is 2.18 bits per heavy atom. The quantitative estimate of drug-likeness (QED) is 0.563. The highest BCUT2D eigenvalue weighted by Gasteiger charge is 2.01. The van der Waals surface area contributed by atoms with Crippen molar-refractivity contribution in [2.75, 3.05) is 0 Å². The molecule has 1 heterocycles. The lowest BCUT2D eigenvalue weighted by Crippen LogP contribution is -1.70. The van der Waals surface area contributed by atoms with Crippen LogP contribution in [0.25, 0.3) is 10.1 Å². The monoisotopic (exact) mass is 166 g/mol. The van der Waals surface area contributed by atoms with Crippen molar-refractivity contribution >= 4 is 21.4 Å². The number of rotatable bonds is 0. The molecule has 56 valence electrons. The summed E-state index contributed by atoms with van der Waals surface area (Å²) in [7, 11) is 0. The third-order valence-corrected chi connectivity index (χ3v) is 2.65. The van der Waals surface area contributed by atoms with Crippen LogP contribution in [0, 0.1) is 12.7 Å². The second-order valence-corrected chi connectivity index (χ2v) is 3.80. The molecule has 2 heteroatoms. The van der Waals surface area contributed by atoms with E-state index in [1.807, 2.05) is 19.1 Å². The molecule has 0 aliphatic rings. The van der Waals surface area contributed by atoms with Crippen LogP contribution < -0.4 is 0 Å². The highest BCUT2D eigenvalue weighted by atomic mass is 32.1. The molecule has 0 unspecified atom stereocenters. The van der Waals surface area contributed by atoms with Gasteiger partial charge in [-0.05, 0) is 25.1 Å². The molecule has 0 atom stereocenters. The van der Waals surface area contributed by atoms with E-state index < -0.39 is 0 Å². The molecule has 0 amide bonds. The Labute approximate surface area is 68.3 Å². The summed E-state index contributed by atoms with van der Waals surface area (Å²) in [5.74, 6) is -0.119. The van der Waals surface area contributed by atoms with Crippen molar-refractivity contribution in [3.8, 4) is 0 Å². The number of aryl methyl sites for hydroxylation is 1. The Hall–Kier alpha value is -0.890. The maximum atomic E-state index is 13.0. The number of thiophene rings is 1. The van der Waals surface area contributed by atoms with Gasteiger partial charge in [0.05, 0.1) is 0 Å². The summed E-state index contributed by atoms with van der Waals surface area (Å²) in [6.07, 6.45) is 0. The molecule has 0 aliphatic heterocycles. The van der Waals surface area contributed by atoms with E-state index in [-0.39, 0.29) is 5.82 Å². The standard InChI is InChI=1S/C9H7FS/c1-6-5-7-8(10)3-2-4-9(7)11-6/h2-5H,1H3. The molecule has 2 rings (SSSR count). The van der Waals surface area contributed by atoms with Crippen molar-refractivity contribution in [2.45, 2.75) is 6.92 Å². The van der Waals surface area contributed by atoms with Crippen molar-refractivity contribution in [3.63, 3.8) is 0 Å². The molecular weight excluding hydrogens is 159 g/mol. The van der Waals surface area contributed by atoms with Crippen LogP contribution in [0.1, 0.15) is 4.88 Å². The zero-order valence-electron chi connectivity index (χ0n) is 6.10. The molecule has 1 aromatic carbocycles. The molecule has 2 aromatic rings. The lowest BCUT2D eigenvalue weighted by atomic mass is 10.2. The second kappa shape index (κ2) is 2.31. The molecule has 0 saturated heterocycles. The van der Waals surface area contributed by atoms with E-state index in [4.69, 9.17) is 0 Å². The van der Waals surface area contributed by atoms with E-state index >= 15 is 0 Å². The van der Waals surface area contributed by atoms with E-state index in [1.54, 1.807) is 17.4 Å². The second-order valence-electron chi connectivity index (χ2n) is 2.51. The van der Waals surface area contributed by atoms with Crippen LogP contribution >= 0.6 is 11.3 Å². The molecule has 1 aromatic heterocycles. The highest BCUT2D eigenvalue weighted by Crippen LogP contribution is 2.26. The van der Waals surface area contributed by atoms with Crippen molar-refractivity contribution in [1.82, 2.24) is 0 Å². The molecule has 0 bridgehead atoms. The van der Waals surface area contributed by atoms with Crippen molar-refractivity contribution in [2.24, 2.45) is 0 Å². The topological polar surface area (TPSA) is 0 Å². The maximum absolute atomic E-state index is 13.0. The van der Waals surface area contributed by atoms with Crippen LogP contribution in [-0.2, 0) is 0 Å². The summed E-state index contributed by atoms with van der Waals surface area (Å²) in [6.45, 7) is 1.99. The molecule has 0 radical (unpaired) electrons. The van der Waals surface area contributed by atoms with Gasteiger partial charge in [0, 0.05) is 15.0 Å². The van der Waals surface area contributed by atoms with Gasteiger partial charge in [-0.3, -0.25) is 0 Å². The predicted molar refractivity (Wildman–Crippen MR) is 46.5 cm³/mol. The smallest absolute Gasteiger partial charge is 0.131 e. The molecule has 0 spiro atoms. The fourth-order valence-electron chi connectivity index (χ4n) is 1.15. The van der Waals surface area contributed by atoms with Gasteiger partial charge in [-0.15, -0.1) is 11.3 Å². The average Bonchev–Trinajstić information content (AvgIpc) is 2.31. The zero-order valence-corrected chi connectivity index (χ0v) is 6.91. The van der Waals surface area contributed by atoms with Crippen LogP contribution in [0.5, 0.6) is 0 Å². The van der Waals surface area contributed by atoms with Crippen LogP contribution in [0.4, 0.5) is 4.39 Å². The number of hydrogen-bond donors (Lipinski definition) is 0. The normalized spacial score (nSPS) is 10.7. The summed E-state index contributed by atoms with van der Waals surface area (Å²) < 4.78 is 14.0. The molecule has 0 fully saturated rings. The lowest BCUT2D eigenvalue weighted by molar-refractivity contribution is 0.640. The van der Waals surface area contributed by atoms with Crippen LogP contribution in [0.15, 0.2) is 24.3 Å². The number of halogens is 1. The predicted octanol–water partition coefficient (Wildman–Crippen LogP) is 3.35. The van der Waals surface area contributed by atoms with Gasteiger partial charge in [0.25, 0.3) is 0 Å². The maximum Gasteiger partial charge on any atom is 0.131 e. The summed E-state index contributed by atoms with van der Waals surface area (Å²) in [5.41, 5.74) is 0. The van der Waals surface area contributed by atoms with Crippen molar-refractivity contribution < 1.29 is 4.39 Å². The highest BCUT2D eigenvalue weighted by molar-refractivity contribution is 7.19. The minimum absolute atomic E-state index is 0.119. The minimum atomic E-state index is -0.119. The van der Waals surface area contributed by atoms with Gasteiger partial charge in [-0.2, -0.15) is 0 Å². The summed E-state index contributed by atoms with van der Waals surface area (Å²) >= 11 is 1.63. The number of fused-ring (bicyclic) bond motifs is 1. The van der Waals surface area contributed by atoms with Gasteiger partial charge in [-0.1, -0.05) is 6.07 Å². The summed E-state index contributed by atoms with van der Waals surface area (Å²) in [5, 5.41) is 0.745. The van der Waals surface area contributed by atoms with E-state index in [2.05, 4.69) is 0 Å². The van der Waals surface area contributed by atoms with Crippen molar-refractivity contribution in [1.29, 1.82) is 0 Å². The van der Waals surface area contributed by atoms with E-state index in [0.717, 1.165) is 15.0 Å². The first-order valence-electron chi connectivity index (χ1n) is 3.42. The van der Waals surface area contributed by atoms with E-state index in [9.17, 15) is 4.39 Å². The molecule has 11 heavy (non-hydrogen) atoms. The van der Waals surface area contributed by atoms with E-state index in [1.165, 1.54) is 6.07 Å². The van der Waals surface area contributed by atoms with Gasteiger partial charge in [0.2, 0.25) is 0 Å². The molecule has 0 saturated carbocycles. The SMILES string of the molecule is Cc1cc2c(F)cccc2s1. The Balaban J connectivity index is 2.90. The van der Waals surface area contributed by atoms with Crippen LogP contribution in [0.3, 0.4) is 0 Å². The first kappa shape index (κ1) is 6.80. The van der Waals surface area contributed by atoms with Crippen LogP contribution in [-0.4, -0.2) is 0 Å². The Morgan fingerprint density at radius 3 is 2.91 bits per heavy atom. The molecule has 0 nitrogen and oxygen atoms in total. The van der Waals surface area contributed by atoms with Gasteiger partial charge in [0.1, 0.15) is 5.82 Å². The molecular formula is C9H7FS. The number of hydrogen-bond acceptors (Lipinski definition) is 1. The van der Waals surface area contributed by atoms with E-state index in [0.29, 0.717) is 0 Å². The largest absolute Gasteiger partial charge is 0.206 e. The van der Waals surface area contributed by atoms with Crippen molar-refractivity contribution in [3.05, 3.63) is 35.0 Å². The minimum Gasteiger partial charge on any atom is -0.206 e. The Kier molecular flexibility index (Phi) is 1.43. The zero-order chi connectivity index (χ0) is 7.84. The summed E-state index contributed by atoms with van der Waals surface area (Å²) in [6, 6.07) is 7.06. The molecule has 0 N–H and O–H groups in total. The van der Waals surface area contributed by atoms with Gasteiger partial charge in [0.15, 0.2) is 0 Å². The average molecular weight is 166 g/mol. The summed E-state index contributed by atoms with van der Waals surface area (Å²) in [4.78, 5) is 1.16. The first-order chi connectivity index (χ1) is 5.27. The van der Waals surface area contributed by atoms with Gasteiger partial charge in [-0.25, -0.2) is 4.39 Å².